The number of aromatic nitrogens is 1. The Bertz CT molecular complexity index is 615. The maximum atomic E-state index is 4.07. The second kappa shape index (κ2) is 5.07. The lowest BCUT2D eigenvalue weighted by molar-refractivity contribution is 1.33. The summed E-state index contributed by atoms with van der Waals surface area (Å²) < 4.78 is 0. The molecular weight excluding hydrogens is 230 g/mol. The van der Waals surface area contributed by atoms with E-state index in [0.29, 0.717) is 0 Å². The molecule has 19 heavy (non-hydrogen) atoms. The number of hydrogen-bond donors (Lipinski definition) is 0. The van der Waals surface area contributed by atoms with E-state index in [9.17, 15) is 0 Å². The van der Waals surface area contributed by atoms with Crippen LogP contribution >= 0.6 is 0 Å². The van der Waals surface area contributed by atoms with Crippen LogP contribution in [-0.2, 0) is 0 Å². The highest BCUT2D eigenvalue weighted by atomic mass is 14.6. The van der Waals surface area contributed by atoms with Gasteiger partial charge in [0.05, 0.1) is 0 Å². The molecule has 0 saturated carbocycles. The third-order valence-electron chi connectivity index (χ3n) is 3.20. The molecule has 3 rings (SSSR count). The van der Waals surface area contributed by atoms with E-state index in [1.165, 1.54) is 27.8 Å². The molecule has 0 aliphatic rings. The predicted octanol–water partition coefficient (Wildman–Crippen LogP) is 4.72. The van der Waals surface area contributed by atoms with Gasteiger partial charge in [-0.15, -0.1) is 0 Å². The van der Waals surface area contributed by atoms with Gasteiger partial charge in [-0.3, -0.25) is 4.98 Å². The summed E-state index contributed by atoms with van der Waals surface area (Å²) in [6.45, 7) is 2.14. The summed E-state index contributed by atoms with van der Waals surface area (Å²) in [5, 5.41) is 0. The van der Waals surface area contributed by atoms with Gasteiger partial charge >= 0.3 is 0 Å². The standard InChI is InChI=1S/C18H15N/c1-14-11-17(15-5-3-2-4-6-15)13-18(12-14)16-7-9-19-10-8-16/h2-13H,1H3. The highest BCUT2D eigenvalue weighted by molar-refractivity contribution is 5.73. The fourth-order valence-electron chi connectivity index (χ4n) is 2.29. The fourth-order valence-corrected chi connectivity index (χ4v) is 2.29. The van der Waals surface area contributed by atoms with E-state index >= 15 is 0 Å². The Kier molecular flexibility index (Phi) is 3.11. The van der Waals surface area contributed by atoms with Crippen molar-refractivity contribution in [1.29, 1.82) is 0 Å². The minimum Gasteiger partial charge on any atom is -0.265 e. The summed E-state index contributed by atoms with van der Waals surface area (Å²) >= 11 is 0. The van der Waals surface area contributed by atoms with Crippen LogP contribution in [0.25, 0.3) is 22.3 Å². The first kappa shape index (κ1) is 11.7. The van der Waals surface area contributed by atoms with Crippen LogP contribution in [0.2, 0.25) is 0 Å². The lowest BCUT2D eigenvalue weighted by Crippen LogP contribution is -1.84. The Morgan fingerprint density at radius 3 is 1.84 bits per heavy atom. The molecule has 1 nitrogen and oxygen atoms in total. The van der Waals surface area contributed by atoms with E-state index in [1.807, 2.05) is 30.6 Å². The third-order valence-corrected chi connectivity index (χ3v) is 3.20. The lowest BCUT2D eigenvalue weighted by atomic mass is 9.97. The Balaban J connectivity index is 2.12. The number of benzene rings is 2. The number of hydrogen-bond acceptors (Lipinski definition) is 1. The molecule has 0 unspecified atom stereocenters. The van der Waals surface area contributed by atoms with Crippen LogP contribution in [0.1, 0.15) is 5.56 Å². The van der Waals surface area contributed by atoms with E-state index in [4.69, 9.17) is 0 Å². The summed E-state index contributed by atoms with van der Waals surface area (Å²) in [5.41, 5.74) is 6.22. The average molecular weight is 245 g/mol. The van der Waals surface area contributed by atoms with Crippen LogP contribution in [-0.4, -0.2) is 4.98 Å². The largest absolute Gasteiger partial charge is 0.265 e. The van der Waals surface area contributed by atoms with Crippen LogP contribution in [0, 0.1) is 6.92 Å². The van der Waals surface area contributed by atoms with E-state index in [0.717, 1.165) is 0 Å². The van der Waals surface area contributed by atoms with Crippen molar-refractivity contribution in [1.82, 2.24) is 4.98 Å². The minimum atomic E-state index is 1.20. The monoisotopic (exact) mass is 245 g/mol. The Hall–Kier alpha value is -2.41. The summed E-state index contributed by atoms with van der Waals surface area (Å²) in [4.78, 5) is 4.07. The minimum absolute atomic E-state index is 1.20. The third kappa shape index (κ3) is 2.55. The zero-order valence-corrected chi connectivity index (χ0v) is 10.9. The van der Waals surface area contributed by atoms with Gasteiger partial charge in [0.25, 0.3) is 0 Å². The molecule has 0 saturated heterocycles. The van der Waals surface area contributed by atoms with Crippen molar-refractivity contribution in [3.8, 4) is 22.3 Å². The maximum absolute atomic E-state index is 4.07. The molecule has 1 heterocycles. The van der Waals surface area contributed by atoms with Crippen molar-refractivity contribution in [2.45, 2.75) is 6.92 Å². The molecule has 0 N–H and O–H groups in total. The molecule has 0 aliphatic carbocycles. The zero-order valence-electron chi connectivity index (χ0n) is 10.9. The molecule has 0 atom stereocenters. The highest BCUT2D eigenvalue weighted by Crippen LogP contribution is 2.27. The van der Waals surface area contributed by atoms with E-state index in [-0.39, 0.29) is 0 Å². The van der Waals surface area contributed by atoms with Crippen LogP contribution < -0.4 is 0 Å². The number of rotatable bonds is 2. The van der Waals surface area contributed by atoms with Crippen LogP contribution in [0.5, 0.6) is 0 Å². The van der Waals surface area contributed by atoms with Crippen LogP contribution in [0.15, 0.2) is 73.1 Å². The van der Waals surface area contributed by atoms with Crippen molar-refractivity contribution in [2.24, 2.45) is 0 Å². The molecule has 3 aromatic rings. The van der Waals surface area contributed by atoms with Crippen molar-refractivity contribution >= 4 is 0 Å². The van der Waals surface area contributed by atoms with Gasteiger partial charge in [0.2, 0.25) is 0 Å². The van der Waals surface area contributed by atoms with Crippen molar-refractivity contribution in [3.63, 3.8) is 0 Å². The van der Waals surface area contributed by atoms with Crippen molar-refractivity contribution in [2.75, 3.05) is 0 Å². The summed E-state index contributed by atoms with van der Waals surface area (Å²) in [6, 6.07) is 21.2. The quantitative estimate of drug-likeness (QED) is 0.636. The van der Waals surface area contributed by atoms with Gasteiger partial charge < -0.3 is 0 Å². The highest BCUT2D eigenvalue weighted by Gasteiger charge is 2.03. The molecule has 0 amide bonds. The van der Waals surface area contributed by atoms with Gasteiger partial charge in [-0.2, -0.15) is 0 Å². The predicted molar refractivity (Wildman–Crippen MR) is 79.8 cm³/mol. The van der Waals surface area contributed by atoms with Gasteiger partial charge in [0.1, 0.15) is 0 Å². The second-order valence-corrected chi connectivity index (χ2v) is 4.69. The summed E-state index contributed by atoms with van der Waals surface area (Å²) in [7, 11) is 0. The Labute approximate surface area is 113 Å². The fraction of sp³-hybridized carbons (Fsp3) is 0.0556. The Morgan fingerprint density at radius 2 is 1.21 bits per heavy atom. The molecule has 0 aliphatic heterocycles. The molecule has 0 spiro atoms. The first-order valence-electron chi connectivity index (χ1n) is 6.40. The first-order valence-corrected chi connectivity index (χ1v) is 6.40. The normalized spacial score (nSPS) is 10.4. The molecule has 1 aromatic heterocycles. The number of nitrogens with zero attached hydrogens (tertiary/aromatic N) is 1. The molecule has 0 radical (unpaired) electrons. The van der Waals surface area contributed by atoms with Gasteiger partial charge in [-0.05, 0) is 52.9 Å². The number of aryl methyl sites for hydroxylation is 1. The molecular formula is C18H15N. The SMILES string of the molecule is Cc1cc(-c2ccccc2)cc(-c2ccncc2)c1. The van der Waals surface area contributed by atoms with Crippen LogP contribution in [0.4, 0.5) is 0 Å². The topological polar surface area (TPSA) is 12.9 Å². The van der Waals surface area contributed by atoms with Crippen molar-refractivity contribution < 1.29 is 0 Å². The van der Waals surface area contributed by atoms with Gasteiger partial charge in [0.15, 0.2) is 0 Å². The van der Waals surface area contributed by atoms with Crippen molar-refractivity contribution in [3.05, 3.63) is 78.6 Å². The lowest BCUT2D eigenvalue weighted by Gasteiger charge is -2.08. The summed E-state index contributed by atoms with van der Waals surface area (Å²) in [5.74, 6) is 0. The summed E-state index contributed by atoms with van der Waals surface area (Å²) in [6.07, 6.45) is 3.67. The van der Waals surface area contributed by atoms with Crippen LogP contribution in [0.3, 0.4) is 0 Å². The molecule has 0 fully saturated rings. The average Bonchev–Trinajstić information content (AvgIpc) is 2.48. The molecule has 1 heteroatoms. The first-order chi connectivity index (χ1) is 9.33. The van der Waals surface area contributed by atoms with E-state index in [2.05, 4.69) is 54.4 Å². The molecule has 2 aromatic carbocycles. The van der Waals surface area contributed by atoms with Gasteiger partial charge in [-0.25, -0.2) is 0 Å². The second-order valence-electron chi connectivity index (χ2n) is 4.69. The van der Waals surface area contributed by atoms with E-state index in [1.54, 1.807) is 0 Å². The van der Waals surface area contributed by atoms with Gasteiger partial charge in [-0.1, -0.05) is 42.5 Å². The zero-order chi connectivity index (χ0) is 13.1. The number of pyridine rings is 1. The molecule has 92 valence electrons. The van der Waals surface area contributed by atoms with Gasteiger partial charge in [0, 0.05) is 12.4 Å². The Morgan fingerprint density at radius 1 is 0.632 bits per heavy atom. The van der Waals surface area contributed by atoms with E-state index < -0.39 is 0 Å². The maximum Gasteiger partial charge on any atom is 0.0273 e. The smallest absolute Gasteiger partial charge is 0.0273 e. The molecule has 0 bridgehead atoms.